The summed E-state index contributed by atoms with van der Waals surface area (Å²) in [5.74, 6) is -0.0187. The van der Waals surface area contributed by atoms with E-state index in [9.17, 15) is 9.59 Å². The van der Waals surface area contributed by atoms with Crippen LogP contribution >= 0.6 is 0 Å². The summed E-state index contributed by atoms with van der Waals surface area (Å²) >= 11 is 0. The van der Waals surface area contributed by atoms with Crippen molar-refractivity contribution in [1.29, 1.82) is 0 Å². The fourth-order valence-electron chi connectivity index (χ4n) is 3.96. The van der Waals surface area contributed by atoms with E-state index in [1.807, 2.05) is 0 Å². The van der Waals surface area contributed by atoms with E-state index in [2.05, 4.69) is 22.0 Å². The molecule has 3 rings (SSSR count). The average Bonchev–Trinajstić information content (AvgIpc) is 3.39. The zero-order valence-electron chi connectivity index (χ0n) is 15.9. The van der Waals surface area contributed by atoms with Gasteiger partial charge in [0.15, 0.2) is 0 Å². The fraction of sp³-hybridized carbons (Fsp3) is 0.895. The number of ether oxygens (including phenoxy) is 1. The van der Waals surface area contributed by atoms with Gasteiger partial charge in [-0.3, -0.25) is 19.4 Å². The van der Waals surface area contributed by atoms with Crippen LogP contribution in [0.15, 0.2) is 0 Å². The van der Waals surface area contributed by atoms with E-state index in [0.717, 1.165) is 45.3 Å². The highest BCUT2D eigenvalue weighted by atomic mass is 16.5. The number of hydrogen-bond acceptors (Lipinski definition) is 5. The van der Waals surface area contributed by atoms with Crippen LogP contribution in [-0.4, -0.2) is 84.3 Å². The lowest BCUT2D eigenvalue weighted by molar-refractivity contribution is -0.140. The van der Waals surface area contributed by atoms with Gasteiger partial charge in [-0.2, -0.15) is 0 Å². The van der Waals surface area contributed by atoms with Crippen molar-refractivity contribution in [3.63, 3.8) is 0 Å². The summed E-state index contributed by atoms with van der Waals surface area (Å²) in [7, 11) is 0. The molecule has 1 saturated heterocycles. The fourth-order valence-corrected chi connectivity index (χ4v) is 3.96. The largest absolute Gasteiger partial charge is 0.480 e. The molecule has 1 atom stereocenters. The quantitative estimate of drug-likeness (QED) is 0.598. The number of amides is 1. The molecule has 1 amide bonds. The monoisotopic (exact) mass is 367 g/mol. The van der Waals surface area contributed by atoms with Gasteiger partial charge in [0.2, 0.25) is 5.91 Å². The normalized spacial score (nSPS) is 29.4. The highest BCUT2D eigenvalue weighted by molar-refractivity contribution is 5.82. The molecule has 2 saturated carbocycles. The molecule has 1 heterocycles. The number of unbranched alkanes of at least 4 members (excludes halogenated alkanes) is 1. The summed E-state index contributed by atoms with van der Waals surface area (Å²) in [4.78, 5) is 28.1. The molecule has 7 nitrogen and oxygen atoms in total. The molecule has 0 aromatic rings. The molecule has 1 aliphatic heterocycles. The van der Waals surface area contributed by atoms with Crippen molar-refractivity contribution in [2.24, 2.45) is 5.92 Å². The first kappa shape index (κ1) is 19.6. The Bertz CT molecular complexity index is 491. The summed E-state index contributed by atoms with van der Waals surface area (Å²) in [6, 6.07) is 0.268. The summed E-state index contributed by atoms with van der Waals surface area (Å²) in [6.45, 7) is 6.09. The van der Waals surface area contributed by atoms with Crippen LogP contribution in [0.4, 0.5) is 0 Å². The number of nitrogens with one attached hydrogen (secondary N) is 1. The number of morpholine rings is 1. The lowest BCUT2D eigenvalue weighted by Gasteiger charge is -2.44. The third-order valence-electron chi connectivity index (χ3n) is 5.84. The van der Waals surface area contributed by atoms with Gasteiger partial charge in [0.1, 0.15) is 6.04 Å². The second-order valence-electron chi connectivity index (χ2n) is 8.08. The first-order valence-electron chi connectivity index (χ1n) is 10.1. The van der Waals surface area contributed by atoms with Gasteiger partial charge in [-0.1, -0.05) is 13.3 Å². The predicted octanol–water partition coefficient (Wildman–Crippen LogP) is 0.931. The van der Waals surface area contributed by atoms with Crippen LogP contribution in [0.3, 0.4) is 0 Å². The van der Waals surface area contributed by atoms with E-state index >= 15 is 0 Å². The smallest absolute Gasteiger partial charge is 0.317 e. The minimum absolute atomic E-state index is 0.0660. The lowest BCUT2D eigenvalue weighted by Crippen LogP contribution is -2.60. The van der Waals surface area contributed by atoms with Gasteiger partial charge in [-0.25, -0.2) is 0 Å². The Hall–Kier alpha value is -1.18. The number of carbonyl (C=O) groups excluding carboxylic acids is 1. The Morgan fingerprint density at radius 2 is 2.08 bits per heavy atom. The number of carboxylic acids is 1. The van der Waals surface area contributed by atoms with Crippen LogP contribution in [0.2, 0.25) is 0 Å². The molecule has 0 bridgehead atoms. The Morgan fingerprint density at radius 3 is 2.73 bits per heavy atom. The SMILES string of the molecule is CCCCN1CCOCC1C(=O)NC1CC(N(CC(=O)O)CC2CC2)C1. The van der Waals surface area contributed by atoms with Crippen LogP contribution in [0.5, 0.6) is 0 Å². The van der Waals surface area contributed by atoms with E-state index in [-0.39, 0.29) is 30.6 Å². The van der Waals surface area contributed by atoms with E-state index in [1.54, 1.807) is 0 Å². The maximum absolute atomic E-state index is 12.7. The van der Waals surface area contributed by atoms with Crippen LogP contribution in [-0.2, 0) is 14.3 Å². The highest BCUT2D eigenvalue weighted by Crippen LogP contribution is 2.33. The Kier molecular flexibility index (Phi) is 6.89. The average molecular weight is 367 g/mol. The van der Waals surface area contributed by atoms with Gasteiger partial charge in [0, 0.05) is 25.2 Å². The number of rotatable bonds is 10. The zero-order valence-corrected chi connectivity index (χ0v) is 15.9. The molecule has 0 aromatic heterocycles. The van der Waals surface area contributed by atoms with Crippen molar-refractivity contribution in [1.82, 2.24) is 15.1 Å². The van der Waals surface area contributed by atoms with E-state index < -0.39 is 5.97 Å². The van der Waals surface area contributed by atoms with Crippen molar-refractivity contribution >= 4 is 11.9 Å². The molecule has 26 heavy (non-hydrogen) atoms. The predicted molar refractivity (Wildman–Crippen MR) is 98.0 cm³/mol. The minimum atomic E-state index is -0.760. The van der Waals surface area contributed by atoms with Crippen molar-refractivity contribution in [3.8, 4) is 0 Å². The van der Waals surface area contributed by atoms with Crippen LogP contribution in [0.25, 0.3) is 0 Å². The van der Waals surface area contributed by atoms with Gasteiger partial charge >= 0.3 is 5.97 Å². The summed E-state index contributed by atoms with van der Waals surface area (Å²) < 4.78 is 5.52. The first-order valence-corrected chi connectivity index (χ1v) is 10.1. The number of carboxylic acid groups (broad SMARTS) is 1. The zero-order chi connectivity index (χ0) is 18.5. The standard InChI is InChI=1S/C19H33N3O4/c1-2-3-6-21-7-8-26-13-17(21)19(25)20-15-9-16(10-15)22(12-18(23)24)11-14-4-5-14/h14-17H,2-13H2,1H3,(H,20,25)(H,23,24). The molecule has 2 N–H and O–H groups in total. The van der Waals surface area contributed by atoms with Crippen LogP contribution in [0, 0.1) is 5.92 Å². The summed E-state index contributed by atoms with van der Waals surface area (Å²) in [5.41, 5.74) is 0. The Morgan fingerprint density at radius 1 is 1.31 bits per heavy atom. The lowest BCUT2D eigenvalue weighted by atomic mass is 9.85. The van der Waals surface area contributed by atoms with Gasteiger partial charge in [0.25, 0.3) is 0 Å². The Balaban J connectivity index is 1.44. The summed E-state index contributed by atoms with van der Waals surface area (Å²) in [6.07, 6.45) is 6.37. The van der Waals surface area contributed by atoms with Crippen molar-refractivity contribution in [2.45, 2.75) is 63.6 Å². The molecule has 7 heteroatoms. The van der Waals surface area contributed by atoms with E-state index in [4.69, 9.17) is 9.84 Å². The third-order valence-corrected chi connectivity index (χ3v) is 5.84. The second-order valence-corrected chi connectivity index (χ2v) is 8.08. The number of nitrogens with zero attached hydrogens (tertiary/aromatic N) is 2. The molecule has 0 spiro atoms. The maximum atomic E-state index is 12.7. The molecule has 1 unspecified atom stereocenters. The third kappa shape index (κ3) is 5.41. The molecular weight excluding hydrogens is 334 g/mol. The molecule has 3 aliphatic rings. The van der Waals surface area contributed by atoms with Gasteiger partial charge in [-0.05, 0) is 44.6 Å². The topological polar surface area (TPSA) is 82.1 Å². The number of carbonyl (C=O) groups is 2. The van der Waals surface area contributed by atoms with Gasteiger partial charge < -0.3 is 15.2 Å². The van der Waals surface area contributed by atoms with Crippen molar-refractivity contribution < 1.29 is 19.4 Å². The van der Waals surface area contributed by atoms with E-state index in [1.165, 1.54) is 12.8 Å². The highest BCUT2D eigenvalue weighted by Gasteiger charge is 2.39. The van der Waals surface area contributed by atoms with E-state index in [0.29, 0.717) is 19.1 Å². The number of hydrogen-bond donors (Lipinski definition) is 2. The van der Waals surface area contributed by atoms with Crippen molar-refractivity contribution in [2.75, 3.05) is 39.4 Å². The number of aliphatic carboxylic acids is 1. The Labute approximate surface area is 156 Å². The van der Waals surface area contributed by atoms with Crippen LogP contribution in [0.1, 0.15) is 45.4 Å². The molecular formula is C19H33N3O4. The van der Waals surface area contributed by atoms with Crippen molar-refractivity contribution in [3.05, 3.63) is 0 Å². The van der Waals surface area contributed by atoms with Gasteiger partial charge in [-0.15, -0.1) is 0 Å². The van der Waals surface area contributed by atoms with Gasteiger partial charge in [0.05, 0.1) is 19.8 Å². The molecule has 3 fully saturated rings. The molecule has 2 aliphatic carbocycles. The maximum Gasteiger partial charge on any atom is 0.317 e. The minimum Gasteiger partial charge on any atom is -0.480 e. The molecule has 0 radical (unpaired) electrons. The first-order chi connectivity index (χ1) is 12.6. The van der Waals surface area contributed by atoms with Crippen LogP contribution < -0.4 is 5.32 Å². The summed E-state index contributed by atoms with van der Waals surface area (Å²) in [5, 5.41) is 12.3. The molecule has 0 aromatic carbocycles. The molecule has 148 valence electrons. The second kappa shape index (κ2) is 9.15.